The van der Waals surface area contributed by atoms with Crippen LogP contribution in [0, 0.1) is 10.1 Å². The molecule has 1 heterocycles. The molecule has 1 amide bonds. The number of halogens is 1. The van der Waals surface area contributed by atoms with Gasteiger partial charge in [0.2, 0.25) is 5.91 Å². The van der Waals surface area contributed by atoms with Gasteiger partial charge in [0.25, 0.3) is 5.69 Å². The van der Waals surface area contributed by atoms with Crippen molar-refractivity contribution in [2.75, 3.05) is 5.32 Å². The number of hydrogen-bond acceptors (Lipinski definition) is 5. The van der Waals surface area contributed by atoms with Gasteiger partial charge in [0.1, 0.15) is 0 Å². The van der Waals surface area contributed by atoms with Crippen LogP contribution in [0.3, 0.4) is 0 Å². The minimum atomic E-state index is -0.483. The van der Waals surface area contributed by atoms with Gasteiger partial charge in [0.15, 0.2) is 5.13 Å². The van der Waals surface area contributed by atoms with Crippen LogP contribution in [0.4, 0.5) is 10.8 Å². The topological polar surface area (TPSA) is 85.1 Å². The lowest BCUT2D eigenvalue weighted by molar-refractivity contribution is -0.384. The number of hydrogen-bond donors (Lipinski definition) is 1. The molecule has 3 aromatic rings. The monoisotopic (exact) mass is 385 g/mol. The van der Waals surface area contributed by atoms with Gasteiger partial charge in [0.05, 0.1) is 10.6 Å². The average molecular weight is 386 g/mol. The van der Waals surface area contributed by atoms with Gasteiger partial charge in [-0.3, -0.25) is 20.2 Å². The summed E-state index contributed by atoms with van der Waals surface area (Å²) in [5, 5.41) is 16.3. The maximum Gasteiger partial charge on any atom is 0.270 e. The number of benzene rings is 2. The molecule has 0 aliphatic rings. The summed E-state index contributed by atoms with van der Waals surface area (Å²) in [6.45, 7) is 0. The van der Waals surface area contributed by atoms with Crippen LogP contribution < -0.4 is 5.32 Å². The molecule has 3 rings (SSSR count). The van der Waals surface area contributed by atoms with E-state index in [4.69, 9.17) is 11.6 Å². The third-order valence-electron chi connectivity index (χ3n) is 3.39. The van der Waals surface area contributed by atoms with E-state index in [-0.39, 0.29) is 11.6 Å². The summed E-state index contributed by atoms with van der Waals surface area (Å²) in [5.41, 5.74) is 2.00. The lowest BCUT2D eigenvalue weighted by atomic mass is 10.2. The van der Waals surface area contributed by atoms with E-state index >= 15 is 0 Å². The van der Waals surface area contributed by atoms with E-state index in [0.717, 1.165) is 5.56 Å². The first-order chi connectivity index (χ1) is 12.5. The van der Waals surface area contributed by atoms with Crippen molar-refractivity contribution in [3.63, 3.8) is 0 Å². The Balaban J connectivity index is 1.68. The van der Waals surface area contributed by atoms with Gasteiger partial charge in [-0.2, -0.15) is 0 Å². The molecule has 0 fully saturated rings. The van der Waals surface area contributed by atoms with Crippen molar-refractivity contribution in [1.29, 1.82) is 0 Å². The number of nitrogens with one attached hydrogen (secondary N) is 1. The van der Waals surface area contributed by atoms with Gasteiger partial charge in [-0.25, -0.2) is 4.98 Å². The highest BCUT2D eigenvalue weighted by atomic mass is 35.5. The minimum Gasteiger partial charge on any atom is -0.298 e. The number of non-ortho nitro benzene ring substituents is 1. The van der Waals surface area contributed by atoms with Gasteiger partial charge >= 0.3 is 0 Å². The van der Waals surface area contributed by atoms with E-state index in [0.29, 0.717) is 21.4 Å². The molecular weight excluding hydrogens is 374 g/mol. The standard InChI is InChI=1S/C18H12ClN3O3S/c19-15-7-2-1-6-14(15)16-11-26-18(20-16)21-17(23)9-8-12-4-3-5-13(10-12)22(24)25/h1-11H,(H,20,21,23). The van der Waals surface area contributed by atoms with Crippen LogP contribution in [-0.2, 0) is 4.79 Å². The molecule has 0 saturated carbocycles. The second-order valence-electron chi connectivity index (χ2n) is 5.19. The van der Waals surface area contributed by atoms with Crippen molar-refractivity contribution in [3.8, 4) is 11.3 Å². The molecule has 0 aliphatic heterocycles. The van der Waals surface area contributed by atoms with E-state index < -0.39 is 4.92 Å². The number of carbonyl (C=O) groups excluding carboxylic acids is 1. The highest BCUT2D eigenvalue weighted by molar-refractivity contribution is 7.14. The largest absolute Gasteiger partial charge is 0.298 e. The fourth-order valence-electron chi connectivity index (χ4n) is 2.18. The van der Waals surface area contributed by atoms with E-state index in [9.17, 15) is 14.9 Å². The Labute approximate surface area is 157 Å². The molecule has 130 valence electrons. The Morgan fingerprint density at radius 3 is 2.81 bits per heavy atom. The normalized spacial score (nSPS) is 10.8. The third-order valence-corrected chi connectivity index (χ3v) is 4.48. The fourth-order valence-corrected chi connectivity index (χ4v) is 3.13. The Morgan fingerprint density at radius 1 is 1.23 bits per heavy atom. The zero-order valence-corrected chi connectivity index (χ0v) is 14.8. The SMILES string of the molecule is O=C(C=Cc1cccc([N+](=O)[O-])c1)Nc1nc(-c2ccccc2Cl)cs1. The average Bonchev–Trinajstić information content (AvgIpc) is 3.08. The highest BCUT2D eigenvalue weighted by Gasteiger charge is 2.09. The number of aromatic nitrogens is 1. The molecule has 0 radical (unpaired) electrons. The van der Waals surface area contributed by atoms with Gasteiger partial charge in [0, 0.05) is 34.2 Å². The zero-order valence-electron chi connectivity index (χ0n) is 13.3. The number of carbonyl (C=O) groups is 1. The summed E-state index contributed by atoms with van der Waals surface area (Å²) in [7, 11) is 0. The van der Waals surface area contributed by atoms with Crippen LogP contribution in [0.25, 0.3) is 17.3 Å². The van der Waals surface area contributed by atoms with Crippen LogP contribution in [0.15, 0.2) is 60.0 Å². The molecule has 0 aliphatic carbocycles. The summed E-state index contributed by atoms with van der Waals surface area (Å²) >= 11 is 7.43. The number of anilines is 1. The van der Waals surface area contributed by atoms with Crippen molar-refractivity contribution in [1.82, 2.24) is 4.98 Å². The van der Waals surface area contributed by atoms with Crippen molar-refractivity contribution in [2.24, 2.45) is 0 Å². The lowest BCUT2D eigenvalue weighted by Gasteiger charge is -1.99. The molecule has 0 saturated heterocycles. The molecule has 2 aromatic carbocycles. The Morgan fingerprint density at radius 2 is 2.04 bits per heavy atom. The third kappa shape index (κ3) is 4.33. The molecule has 1 aromatic heterocycles. The summed E-state index contributed by atoms with van der Waals surface area (Å²) < 4.78 is 0. The summed E-state index contributed by atoms with van der Waals surface area (Å²) in [6, 6.07) is 13.3. The van der Waals surface area contributed by atoms with Crippen molar-refractivity contribution in [2.45, 2.75) is 0 Å². The fraction of sp³-hybridized carbons (Fsp3) is 0. The van der Waals surface area contributed by atoms with E-state index in [1.165, 1.54) is 35.6 Å². The molecule has 26 heavy (non-hydrogen) atoms. The Hall–Kier alpha value is -3.03. The number of amides is 1. The van der Waals surface area contributed by atoms with E-state index in [1.54, 1.807) is 23.6 Å². The van der Waals surface area contributed by atoms with Crippen LogP contribution in [0.2, 0.25) is 5.02 Å². The van der Waals surface area contributed by atoms with Crippen molar-refractivity contribution in [3.05, 3.63) is 80.7 Å². The number of nitro benzene ring substituents is 1. The first kappa shape index (κ1) is 17.8. The summed E-state index contributed by atoms with van der Waals surface area (Å²) in [5.74, 6) is -0.378. The number of nitro groups is 1. The second kappa shape index (κ2) is 7.90. The maximum atomic E-state index is 12.0. The molecule has 0 atom stereocenters. The van der Waals surface area contributed by atoms with Crippen molar-refractivity contribution < 1.29 is 9.72 Å². The van der Waals surface area contributed by atoms with Crippen LogP contribution >= 0.6 is 22.9 Å². The lowest BCUT2D eigenvalue weighted by Crippen LogP contribution is -2.07. The van der Waals surface area contributed by atoms with Crippen LogP contribution in [0.1, 0.15) is 5.56 Å². The smallest absolute Gasteiger partial charge is 0.270 e. The Bertz CT molecular complexity index is 1000. The van der Waals surface area contributed by atoms with Crippen molar-refractivity contribution >= 4 is 45.7 Å². The highest BCUT2D eigenvalue weighted by Crippen LogP contribution is 2.30. The quantitative estimate of drug-likeness (QED) is 0.379. The molecule has 6 nitrogen and oxygen atoms in total. The van der Waals surface area contributed by atoms with Gasteiger partial charge in [-0.1, -0.05) is 41.9 Å². The van der Waals surface area contributed by atoms with Crippen LogP contribution in [-0.4, -0.2) is 15.8 Å². The Kier molecular flexibility index (Phi) is 5.40. The second-order valence-corrected chi connectivity index (χ2v) is 6.46. The minimum absolute atomic E-state index is 0.0307. The van der Waals surface area contributed by atoms with E-state index in [1.807, 2.05) is 18.2 Å². The summed E-state index contributed by atoms with van der Waals surface area (Å²) in [4.78, 5) is 26.7. The number of rotatable bonds is 5. The van der Waals surface area contributed by atoms with Gasteiger partial charge in [-0.05, 0) is 17.7 Å². The first-order valence-corrected chi connectivity index (χ1v) is 8.72. The van der Waals surface area contributed by atoms with Gasteiger partial charge in [-0.15, -0.1) is 11.3 Å². The maximum absolute atomic E-state index is 12.0. The van der Waals surface area contributed by atoms with Gasteiger partial charge < -0.3 is 0 Å². The number of nitrogens with zero attached hydrogens (tertiary/aromatic N) is 2. The predicted molar refractivity (Wildman–Crippen MR) is 103 cm³/mol. The molecular formula is C18H12ClN3O3S. The first-order valence-electron chi connectivity index (χ1n) is 7.47. The molecule has 0 spiro atoms. The van der Waals surface area contributed by atoms with Crippen LogP contribution in [0.5, 0.6) is 0 Å². The summed E-state index contributed by atoms with van der Waals surface area (Å²) in [6.07, 6.45) is 2.81. The number of thiazole rings is 1. The molecule has 8 heteroatoms. The molecule has 0 bridgehead atoms. The molecule has 1 N–H and O–H groups in total. The molecule has 0 unspecified atom stereocenters. The van der Waals surface area contributed by atoms with E-state index in [2.05, 4.69) is 10.3 Å². The predicted octanol–water partition coefficient (Wildman–Crippen LogP) is 5.02. The zero-order chi connectivity index (χ0) is 18.5.